The Morgan fingerprint density at radius 2 is 1.81 bits per heavy atom. The second-order valence-electron chi connectivity index (χ2n) is 6.69. The van der Waals surface area contributed by atoms with Crippen LogP contribution in [0.2, 0.25) is 0 Å². The molecule has 31 heavy (non-hydrogen) atoms. The van der Waals surface area contributed by atoms with Gasteiger partial charge < -0.3 is 10.4 Å². The fourth-order valence-corrected chi connectivity index (χ4v) is 5.37. The van der Waals surface area contributed by atoms with Crippen molar-refractivity contribution in [3.8, 4) is 5.75 Å². The number of rotatable bonds is 7. The number of carbonyl (C=O) groups excluding carboxylic acids is 1. The number of sulfone groups is 1. The van der Waals surface area contributed by atoms with E-state index in [1.54, 1.807) is 26.0 Å². The number of phenols is 1. The van der Waals surface area contributed by atoms with Gasteiger partial charge in [-0.15, -0.1) is 0 Å². The molecular weight excluding hydrogens is 444 g/mol. The minimum Gasteiger partial charge on any atom is -0.506 e. The van der Waals surface area contributed by atoms with Crippen LogP contribution in [0.25, 0.3) is 5.52 Å². The summed E-state index contributed by atoms with van der Waals surface area (Å²) >= 11 is 0. The van der Waals surface area contributed by atoms with Gasteiger partial charge >= 0.3 is 0 Å². The molecule has 0 saturated carbocycles. The first-order valence-corrected chi connectivity index (χ1v) is 12.7. The molecule has 0 bridgehead atoms. The Morgan fingerprint density at radius 1 is 1.13 bits per heavy atom. The fraction of sp³-hybridized carbons (Fsp3) is 0.263. The van der Waals surface area contributed by atoms with E-state index in [4.69, 9.17) is 0 Å². The van der Waals surface area contributed by atoms with Gasteiger partial charge in [0.1, 0.15) is 5.75 Å². The number of benzene rings is 1. The summed E-state index contributed by atoms with van der Waals surface area (Å²) in [5.74, 6) is -1.15. The Kier molecular flexibility index (Phi) is 6.07. The van der Waals surface area contributed by atoms with E-state index in [-0.39, 0.29) is 45.8 Å². The van der Waals surface area contributed by atoms with E-state index < -0.39 is 25.8 Å². The number of phenolic OH excluding ortho intramolecular Hbond substituents is 1. The zero-order valence-corrected chi connectivity index (χ0v) is 18.7. The molecule has 0 aliphatic heterocycles. The number of nitrogens with zero attached hydrogens (tertiary/aromatic N) is 3. The van der Waals surface area contributed by atoms with Crippen LogP contribution in [0, 0.1) is 0 Å². The number of pyridine rings is 1. The maximum absolute atomic E-state index is 12.9. The van der Waals surface area contributed by atoms with Crippen LogP contribution in [0.1, 0.15) is 24.3 Å². The van der Waals surface area contributed by atoms with Gasteiger partial charge in [-0.05, 0) is 30.3 Å². The van der Waals surface area contributed by atoms with Crippen molar-refractivity contribution in [3.63, 3.8) is 0 Å². The first-order valence-electron chi connectivity index (χ1n) is 9.32. The smallest absolute Gasteiger partial charge is 0.276 e. The van der Waals surface area contributed by atoms with Crippen molar-refractivity contribution in [1.29, 1.82) is 0 Å². The van der Waals surface area contributed by atoms with E-state index in [0.717, 1.165) is 12.3 Å². The number of hydrogen-bond donors (Lipinski definition) is 2. The van der Waals surface area contributed by atoms with Crippen molar-refractivity contribution in [1.82, 2.24) is 13.7 Å². The Hall–Kier alpha value is -2.96. The van der Waals surface area contributed by atoms with Crippen LogP contribution < -0.4 is 5.32 Å². The van der Waals surface area contributed by atoms with E-state index in [1.807, 2.05) is 0 Å². The first kappa shape index (κ1) is 22.7. The van der Waals surface area contributed by atoms with Gasteiger partial charge in [0.2, 0.25) is 25.0 Å². The minimum atomic E-state index is -3.82. The van der Waals surface area contributed by atoms with Crippen molar-refractivity contribution in [2.24, 2.45) is 0 Å². The Balaban J connectivity index is 2.04. The molecule has 10 nitrogen and oxygen atoms in total. The summed E-state index contributed by atoms with van der Waals surface area (Å²) in [5, 5.41) is 12.3. The second-order valence-corrected chi connectivity index (χ2v) is 10.5. The molecule has 0 aliphatic carbocycles. The summed E-state index contributed by atoms with van der Waals surface area (Å²) in [6.07, 6.45) is 2.44. The molecule has 12 heteroatoms. The number of sulfonamides is 1. The number of imidazole rings is 1. The standard InChI is InChI=1S/C19H22N4O6S2/c1-4-22(5-2)31(28,29)13-9-10-16(24)14(12-13)20-18(25)17-15-8-6-7-11-23(15)19(21-17)30(3,26)27/h6-12,24H,4-5H2,1-3H3,(H,20,25). The SMILES string of the molecule is CCN(CC)S(=O)(=O)c1ccc(O)c(NC(=O)c2nc(S(C)(=O)=O)n3ccccc23)c1. The predicted octanol–water partition coefficient (Wildman–Crippen LogP) is 1.73. The molecule has 2 aromatic heterocycles. The van der Waals surface area contributed by atoms with Gasteiger partial charge in [0.25, 0.3) is 5.91 Å². The first-order chi connectivity index (χ1) is 14.5. The lowest BCUT2D eigenvalue weighted by Gasteiger charge is -2.19. The number of hydrogen-bond acceptors (Lipinski definition) is 7. The van der Waals surface area contributed by atoms with E-state index in [2.05, 4.69) is 10.3 Å². The summed E-state index contributed by atoms with van der Waals surface area (Å²) in [7, 11) is -7.55. The van der Waals surface area contributed by atoms with Crippen LogP contribution in [0.15, 0.2) is 52.6 Å². The van der Waals surface area contributed by atoms with Crippen molar-refractivity contribution < 1.29 is 26.7 Å². The average Bonchev–Trinajstić information content (AvgIpc) is 3.10. The summed E-state index contributed by atoms with van der Waals surface area (Å²) in [6.45, 7) is 3.92. The Labute approximate surface area is 180 Å². The zero-order chi connectivity index (χ0) is 23.0. The van der Waals surface area contributed by atoms with E-state index in [9.17, 15) is 26.7 Å². The van der Waals surface area contributed by atoms with Crippen LogP contribution in [0.4, 0.5) is 5.69 Å². The molecule has 0 fully saturated rings. The predicted molar refractivity (Wildman–Crippen MR) is 114 cm³/mol. The summed E-state index contributed by atoms with van der Waals surface area (Å²) in [5.41, 5.74) is -0.0829. The highest BCUT2D eigenvalue weighted by atomic mass is 32.2. The number of carbonyl (C=O) groups is 1. The topological polar surface area (TPSA) is 138 Å². The Bertz CT molecular complexity index is 1360. The largest absolute Gasteiger partial charge is 0.506 e. The molecule has 166 valence electrons. The van der Waals surface area contributed by atoms with E-state index in [1.165, 1.54) is 33.1 Å². The molecule has 0 aliphatic rings. The number of nitrogens with one attached hydrogen (secondary N) is 1. The highest BCUT2D eigenvalue weighted by Crippen LogP contribution is 2.29. The van der Waals surface area contributed by atoms with Gasteiger partial charge in [-0.2, -0.15) is 4.31 Å². The lowest BCUT2D eigenvalue weighted by molar-refractivity contribution is 0.102. The molecule has 3 aromatic rings. The normalized spacial score (nSPS) is 12.4. The molecule has 3 rings (SSSR count). The summed E-state index contributed by atoms with van der Waals surface area (Å²) < 4.78 is 52.1. The fourth-order valence-electron chi connectivity index (χ4n) is 3.11. The Morgan fingerprint density at radius 3 is 2.42 bits per heavy atom. The molecule has 1 amide bonds. The third-order valence-corrected chi connectivity index (χ3v) is 7.62. The number of anilines is 1. The van der Waals surface area contributed by atoms with Crippen molar-refractivity contribution >= 4 is 37.0 Å². The van der Waals surface area contributed by atoms with E-state index >= 15 is 0 Å². The lowest BCUT2D eigenvalue weighted by atomic mass is 10.2. The van der Waals surface area contributed by atoms with Crippen molar-refractivity contribution in [3.05, 3.63) is 48.3 Å². The number of amides is 1. The lowest BCUT2D eigenvalue weighted by Crippen LogP contribution is -2.30. The van der Waals surface area contributed by atoms with Crippen molar-refractivity contribution in [2.75, 3.05) is 24.7 Å². The number of fused-ring (bicyclic) bond motifs is 1. The summed E-state index contributed by atoms with van der Waals surface area (Å²) in [6, 6.07) is 8.30. The average molecular weight is 467 g/mol. The molecule has 0 spiro atoms. The molecule has 1 aromatic carbocycles. The van der Waals surface area contributed by atoms with Gasteiger partial charge in [0.15, 0.2) is 5.69 Å². The third-order valence-electron chi connectivity index (χ3n) is 4.62. The van der Waals surface area contributed by atoms with Gasteiger partial charge in [-0.1, -0.05) is 19.9 Å². The molecule has 2 N–H and O–H groups in total. The quantitative estimate of drug-likeness (QED) is 0.506. The molecular formula is C19H22N4O6S2. The van der Waals surface area contributed by atoms with Crippen LogP contribution >= 0.6 is 0 Å². The highest BCUT2D eigenvalue weighted by molar-refractivity contribution is 7.90. The van der Waals surface area contributed by atoms with E-state index in [0.29, 0.717) is 0 Å². The molecule has 0 radical (unpaired) electrons. The minimum absolute atomic E-state index is 0.101. The molecule has 0 saturated heterocycles. The van der Waals surface area contributed by atoms with Crippen LogP contribution in [0.3, 0.4) is 0 Å². The van der Waals surface area contributed by atoms with Crippen LogP contribution in [-0.2, 0) is 19.9 Å². The van der Waals surface area contributed by atoms with Crippen LogP contribution in [0.5, 0.6) is 5.75 Å². The molecule has 0 unspecified atom stereocenters. The monoisotopic (exact) mass is 466 g/mol. The number of aromatic nitrogens is 2. The van der Waals surface area contributed by atoms with Gasteiger partial charge in [0.05, 0.1) is 16.1 Å². The van der Waals surface area contributed by atoms with Gasteiger partial charge in [-0.3, -0.25) is 9.20 Å². The van der Waals surface area contributed by atoms with Crippen LogP contribution in [-0.4, -0.2) is 60.9 Å². The zero-order valence-electron chi connectivity index (χ0n) is 17.1. The van der Waals surface area contributed by atoms with Crippen molar-refractivity contribution in [2.45, 2.75) is 23.9 Å². The van der Waals surface area contributed by atoms with Gasteiger partial charge in [0, 0.05) is 25.5 Å². The second kappa shape index (κ2) is 8.29. The maximum Gasteiger partial charge on any atom is 0.276 e. The molecule has 0 atom stereocenters. The highest BCUT2D eigenvalue weighted by Gasteiger charge is 2.25. The third kappa shape index (κ3) is 4.27. The summed E-state index contributed by atoms with van der Waals surface area (Å²) in [4.78, 5) is 16.7. The van der Waals surface area contributed by atoms with Gasteiger partial charge in [-0.25, -0.2) is 21.8 Å². The maximum atomic E-state index is 12.9. The number of aromatic hydroxyl groups is 1. The molecule has 2 heterocycles.